The fraction of sp³-hybridized carbons (Fsp3) is 0.444. The van der Waals surface area contributed by atoms with E-state index in [4.69, 9.17) is 4.74 Å². The summed E-state index contributed by atoms with van der Waals surface area (Å²) in [7, 11) is 0. The number of rotatable bonds is 6. The summed E-state index contributed by atoms with van der Waals surface area (Å²) >= 11 is 0. The fourth-order valence-electron chi connectivity index (χ4n) is 3.51. The molecule has 1 aliphatic carbocycles. The molecule has 2 aliphatic rings. The number of carbonyl (C=O) groups excluding carboxylic acids is 1. The van der Waals surface area contributed by atoms with Gasteiger partial charge in [-0.2, -0.15) is 0 Å². The van der Waals surface area contributed by atoms with Crippen molar-refractivity contribution in [2.24, 2.45) is 11.8 Å². The van der Waals surface area contributed by atoms with Crippen LogP contribution >= 0.6 is 0 Å². The number of pyridine rings is 1. The zero-order valence-corrected chi connectivity index (χ0v) is 14.5. The monoisotopic (exact) mass is 356 g/mol. The molecule has 1 saturated heterocycles. The molecule has 0 amide bonds. The molecule has 2 unspecified atom stereocenters. The minimum atomic E-state index is -1.06. The molecule has 0 spiro atoms. The summed E-state index contributed by atoms with van der Waals surface area (Å²) in [5.74, 6) is 0.660. The van der Waals surface area contributed by atoms with E-state index in [1.807, 2.05) is 6.07 Å². The van der Waals surface area contributed by atoms with Crippen LogP contribution in [0.2, 0.25) is 0 Å². The van der Waals surface area contributed by atoms with Crippen LogP contribution < -0.4 is 4.90 Å². The molecule has 0 bridgehead atoms. The van der Waals surface area contributed by atoms with Gasteiger partial charge in [0, 0.05) is 24.8 Å². The lowest BCUT2D eigenvalue weighted by atomic mass is 10.2. The van der Waals surface area contributed by atoms with Crippen molar-refractivity contribution < 1.29 is 19.4 Å². The Hall–Kier alpha value is -2.90. The lowest BCUT2D eigenvalue weighted by Gasteiger charge is -2.20. The van der Waals surface area contributed by atoms with Crippen LogP contribution in [-0.4, -0.2) is 51.3 Å². The van der Waals surface area contributed by atoms with Crippen LogP contribution in [0.15, 0.2) is 24.7 Å². The Kier molecular flexibility index (Phi) is 4.10. The lowest BCUT2D eigenvalue weighted by molar-refractivity contribution is 0.0519. The first kappa shape index (κ1) is 16.6. The third kappa shape index (κ3) is 3.14. The molecule has 0 radical (unpaired) electrons. The predicted molar refractivity (Wildman–Crippen MR) is 92.3 cm³/mol. The Morgan fingerprint density at radius 2 is 2.08 bits per heavy atom. The van der Waals surface area contributed by atoms with E-state index in [0.717, 1.165) is 30.7 Å². The largest absolute Gasteiger partial charge is 0.476 e. The SMILES string of the molecule is CCOC(=O)c1cn(Cc2ccc(N3CC4CC4C3)nc2C(=O)O)cn1. The number of carboxylic acid groups (broad SMARTS) is 1. The smallest absolute Gasteiger partial charge is 0.358 e. The normalized spacial score (nSPS) is 20.7. The summed E-state index contributed by atoms with van der Waals surface area (Å²) in [6.07, 6.45) is 4.31. The maximum atomic E-state index is 11.7. The molecule has 1 aliphatic heterocycles. The maximum absolute atomic E-state index is 11.7. The molecular weight excluding hydrogens is 336 g/mol. The number of hydrogen-bond donors (Lipinski definition) is 1. The number of ether oxygens (including phenoxy) is 1. The van der Waals surface area contributed by atoms with Gasteiger partial charge in [0.15, 0.2) is 11.4 Å². The average molecular weight is 356 g/mol. The molecule has 2 aromatic rings. The summed E-state index contributed by atoms with van der Waals surface area (Å²) in [6.45, 7) is 4.19. The number of esters is 1. The van der Waals surface area contributed by atoms with Crippen molar-refractivity contribution in [3.05, 3.63) is 41.6 Å². The molecule has 26 heavy (non-hydrogen) atoms. The highest BCUT2D eigenvalue weighted by atomic mass is 16.5. The van der Waals surface area contributed by atoms with Crippen LogP contribution in [0.4, 0.5) is 5.82 Å². The van der Waals surface area contributed by atoms with Crippen molar-refractivity contribution in [1.82, 2.24) is 14.5 Å². The highest BCUT2D eigenvalue weighted by Gasteiger charge is 2.45. The van der Waals surface area contributed by atoms with Gasteiger partial charge in [0.25, 0.3) is 0 Å². The quantitative estimate of drug-likeness (QED) is 0.786. The molecule has 1 N–H and O–H groups in total. The van der Waals surface area contributed by atoms with Crippen LogP contribution in [0.25, 0.3) is 0 Å². The van der Waals surface area contributed by atoms with Crippen molar-refractivity contribution in [3.63, 3.8) is 0 Å². The van der Waals surface area contributed by atoms with E-state index in [0.29, 0.717) is 5.56 Å². The zero-order valence-electron chi connectivity index (χ0n) is 14.5. The van der Waals surface area contributed by atoms with E-state index in [-0.39, 0.29) is 24.5 Å². The van der Waals surface area contributed by atoms with Crippen LogP contribution in [0.3, 0.4) is 0 Å². The maximum Gasteiger partial charge on any atom is 0.358 e. The predicted octanol–water partition coefficient (Wildman–Crippen LogP) is 1.66. The molecule has 1 saturated carbocycles. The van der Waals surface area contributed by atoms with E-state index < -0.39 is 11.9 Å². The molecule has 136 valence electrons. The Morgan fingerprint density at radius 3 is 2.77 bits per heavy atom. The van der Waals surface area contributed by atoms with Crippen LogP contribution in [0, 0.1) is 11.8 Å². The van der Waals surface area contributed by atoms with Gasteiger partial charge in [0.2, 0.25) is 0 Å². The number of hydrogen-bond acceptors (Lipinski definition) is 6. The van der Waals surface area contributed by atoms with E-state index in [9.17, 15) is 14.7 Å². The van der Waals surface area contributed by atoms with Crippen LogP contribution in [0.1, 0.15) is 39.9 Å². The topological polar surface area (TPSA) is 97.6 Å². The number of aromatic carboxylic acids is 1. The van der Waals surface area contributed by atoms with Gasteiger partial charge in [-0.3, -0.25) is 0 Å². The van der Waals surface area contributed by atoms with Gasteiger partial charge in [0.1, 0.15) is 5.82 Å². The minimum Gasteiger partial charge on any atom is -0.476 e. The fourth-order valence-corrected chi connectivity index (χ4v) is 3.51. The van der Waals surface area contributed by atoms with E-state index >= 15 is 0 Å². The Bertz CT molecular complexity index is 853. The van der Waals surface area contributed by atoms with E-state index in [1.54, 1.807) is 23.8 Å². The van der Waals surface area contributed by atoms with Gasteiger partial charge < -0.3 is 19.3 Å². The van der Waals surface area contributed by atoms with Crippen molar-refractivity contribution >= 4 is 17.8 Å². The Morgan fingerprint density at radius 1 is 1.31 bits per heavy atom. The number of carbonyl (C=O) groups is 2. The molecular formula is C18H20N4O4. The number of fused-ring (bicyclic) bond motifs is 1. The number of nitrogens with zero attached hydrogens (tertiary/aromatic N) is 4. The van der Waals surface area contributed by atoms with Crippen molar-refractivity contribution in [1.29, 1.82) is 0 Å². The van der Waals surface area contributed by atoms with Gasteiger partial charge in [-0.05, 0) is 31.2 Å². The number of imidazole rings is 1. The number of carboxylic acids is 1. The molecule has 2 aromatic heterocycles. The second-order valence-electron chi connectivity index (χ2n) is 6.79. The first-order valence-corrected chi connectivity index (χ1v) is 8.72. The van der Waals surface area contributed by atoms with Crippen molar-refractivity contribution in [2.75, 3.05) is 24.6 Å². The highest BCUT2D eigenvalue weighted by molar-refractivity contribution is 5.88. The molecule has 8 heteroatoms. The van der Waals surface area contributed by atoms with Gasteiger partial charge >= 0.3 is 11.9 Å². The molecule has 4 rings (SSSR count). The molecule has 8 nitrogen and oxygen atoms in total. The lowest BCUT2D eigenvalue weighted by Crippen LogP contribution is -2.24. The summed E-state index contributed by atoms with van der Waals surface area (Å²) in [5.41, 5.74) is 0.803. The number of anilines is 1. The number of piperidine rings is 1. The Balaban J connectivity index is 1.54. The van der Waals surface area contributed by atoms with Gasteiger partial charge in [-0.15, -0.1) is 0 Å². The molecule has 2 fully saturated rings. The summed E-state index contributed by atoms with van der Waals surface area (Å²) in [5, 5.41) is 9.56. The second kappa shape index (κ2) is 6.44. The summed E-state index contributed by atoms with van der Waals surface area (Å²) in [6, 6.07) is 3.66. The van der Waals surface area contributed by atoms with Crippen molar-refractivity contribution in [2.45, 2.75) is 19.9 Å². The van der Waals surface area contributed by atoms with Crippen LogP contribution in [-0.2, 0) is 11.3 Å². The molecule has 2 atom stereocenters. The third-order valence-electron chi connectivity index (χ3n) is 4.94. The summed E-state index contributed by atoms with van der Waals surface area (Å²) in [4.78, 5) is 33.9. The first-order chi connectivity index (χ1) is 12.5. The van der Waals surface area contributed by atoms with Crippen LogP contribution in [0.5, 0.6) is 0 Å². The summed E-state index contributed by atoms with van der Waals surface area (Å²) < 4.78 is 6.56. The second-order valence-corrected chi connectivity index (χ2v) is 6.79. The zero-order chi connectivity index (χ0) is 18.3. The first-order valence-electron chi connectivity index (χ1n) is 8.72. The minimum absolute atomic E-state index is 0.0365. The van der Waals surface area contributed by atoms with Crippen molar-refractivity contribution in [3.8, 4) is 0 Å². The van der Waals surface area contributed by atoms with Gasteiger partial charge in [-0.1, -0.05) is 6.07 Å². The highest BCUT2D eigenvalue weighted by Crippen LogP contribution is 2.45. The van der Waals surface area contributed by atoms with Gasteiger partial charge in [0.05, 0.1) is 19.5 Å². The third-order valence-corrected chi connectivity index (χ3v) is 4.94. The average Bonchev–Trinajstić information content (AvgIpc) is 3.02. The standard InChI is InChI=1S/C18H20N4O4/c1-2-26-18(25)14-9-21(10-19-14)6-11-3-4-15(20-16(11)17(23)24)22-7-12-5-13(12)8-22/h3-4,9-10,12-13H,2,5-8H2,1H3,(H,23,24). The Labute approximate surface area is 150 Å². The number of aromatic nitrogens is 3. The van der Waals surface area contributed by atoms with E-state index in [1.165, 1.54) is 12.7 Å². The van der Waals surface area contributed by atoms with Gasteiger partial charge in [-0.25, -0.2) is 19.6 Å². The molecule has 3 heterocycles. The van der Waals surface area contributed by atoms with E-state index in [2.05, 4.69) is 14.9 Å². The molecule has 0 aromatic carbocycles.